The maximum Gasteiger partial charge on any atom is 0.410 e. The van der Waals surface area contributed by atoms with Crippen LogP contribution in [0.1, 0.15) is 51.6 Å². The van der Waals surface area contributed by atoms with Gasteiger partial charge < -0.3 is 19.1 Å². The highest BCUT2D eigenvalue weighted by molar-refractivity contribution is 5.79. The highest BCUT2D eigenvalue weighted by atomic mass is 16.6. The fourth-order valence-electron chi connectivity index (χ4n) is 4.97. The van der Waals surface area contributed by atoms with E-state index >= 15 is 0 Å². The number of ether oxygens (including phenoxy) is 1. The number of amides is 2. The summed E-state index contributed by atoms with van der Waals surface area (Å²) in [4.78, 5) is 41.3. The molecule has 2 saturated heterocycles. The first-order valence-electron chi connectivity index (χ1n) is 10.7. The molecule has 7 nitrogen and oxygen atoms in total. The monoisotopic (exact) mass is 401 g/mol. The van der Waals surface area contributed by atoms with Gasteiger partial charge in [0.25, 0.3) is 5.56 Å². The number of likely N-dealkylation sites (tertiary alicyclic amines) is 2. The molecule has 2 atom stereocenters. The molecule has 1 aromatic heterocycles. The number of hydrogen-bond acceptors (Lipinski definition) is 4. The molecule has 0 aliphatic carbocycles. The Bertz CT molecular complexity index is 848. The first-order chi connectivity index (χ1) is 13.7. The third kappa shape index (κ3) is 4.19. The molecule has 2 unspecified atom stereocenters. The van der Waals surface area contributed by atoms with Crippen LogP contribution >= 0.6 is 0 Å². The highest BCUT2D eigenvalue weighted by Gasteiger charge is 2.39. The van der Waals surface area contributed by atoms with Crippen LogP contribution in [0.2, 0.25) is 0 Å². The highest BCUT2D eigenvalue weighted by Crippen LogP contribution is 2.36. The summed E-state index contributed by atoms with van der Waals surface area (Å²) in [6.07, 6.45) is 2.11. The normalized spacial score (nSPS) is 24.8. The van der Waals surface area contributed by atoms with Gasteiger partial charge in [0.1, 0.15) is 5.60 Å². The SMILES string of the molecule is CC(C)(C)OC(=O)N1CCC(C(=O)N2CC3CC(C2)c2cccc(=O)n2C3)CC1. The van der Waals surface area contributed by atoms with Crippen molar-refractivity contribution in [3.63, 3.8) is 0 Å². The number of piperidine rings is 2. The fourth-order valence-corrected chi connectivity index (χ4v) is 4.97. The molecule has 0 radical (unpaired) electrons. The van der Waals surface area contributed by atoms with Crippen molar-refractivity contribution in [2.45, 2.75) is 58.1 Å². The number of nitrogens with zero attached hydrogens (tertiary/aromatic N) is 3. The molecular weight excluding hydrogens is 370 g/mol. The van der Waals surface area contributed by atoms with Crippen LogP contribution in [0.15, 0.2) is 23.0 Å². The Hall–Kier alpha value is -2.31. The van der Waals surface area contributed by atoms with Crippen molar-refractivity contribution < 1.29 is 14.3 Å². The van der Waals surface area contributed by atoms with Gasteiger partial charge in [0.15, 0.2) is 0 Å². The summed E-state index contributed by atoms with van der Waals surface area (Å²) in [5.41, 5.74) is 0.616. The van der Waals surface area contributed by atoms with Crippen LogP contribution in [0, 0.1) is 11.8 Å². The smallest absolute Gasteiger partial charge is 0.410 e. The summed E-state index contributed by atoms with van der Waals surface area (Å²) in [5.74, 6) is 0.745. The first-order valence-corrected chi connectivity index (χ1v) is 10.7. The summed E-state index contributed by atoms with van der Waals surface area (Å²) < 4.78 is 7.34. The molecule has 4 heterocycles. The van der Waals surface area contributed by atoms with Crippen LogP contribution in [0.3, 0.4) is 0 Å². The number of carbonyl (C=O) groups is 2. The lowest BCUT2D eigenvalue weighted by molar-refractivity contribution is -0.139. The summed E-state index contributed by atoms with van der Waals surface area (Å²) >= 11 is 0. The summed E-state index contributed by atoms with van der Waals surface area (Å²) in [6.45, 7) is 8.82. The van der Waals surface area contributed by atoms with Crippen molar-refractivity contribution in [1.82, 2.24) is 14.4 Å². The van der Waals surface area contributed by atoms with Gasteiger partial charge in [-0.05, 0) is 52.0 Å². The lowest BCUT2D eigenvalue weighted by atomic mass is 9.82. The minimum absolute atomic E-state index is 0.0366. The van der Waals surface area contributed by atoms with Crippen LogP contribution in [0.5, 0.6) is 0 Å². The Balaban J connectivity index is 1.37. The van der Waals surface area contributed by atoms with E-state index in [4.69, 9.17) is 4.74 Å². The lowest BCUT2D eigenvalue weighted by Gasteiger charge is -2.44. The second-order valence-corrected chi connectivity index (χ2v) is 9.68. The van der Waals surface area contributed by atoms with E-state index in [1.807, 2.05) is 42.4 Å². The molecule has 0 aromatic carbocycles. The molecule has 2 fully saturated rings. The number of pyridine rings is 1. The molecule has 0 N–H and O–H groups in total. The van der Waals surface area contributed by atoms with Crippen molar-refractivity contribution in [2.24, 2.45) is 11.8 Å². The zero-order valence-corrected chi connectivity index (χ0v) is 17.6. The third-order valence-electron chi connectivity index (χ3n) is 6.29. The Morgan fingerprint density at radius 2 is 1.76 bits per heavy atom. The van der Waals surface area contributed by atoms with E-state index in [-0.39, 0.29) is 29.4 Å². The predicted molar refractivity (Wildman–Crippen MR) is 109 cm³/mol. The maximum absolute atomic E-state index is 13.2. The zero-order valence-electron chi connectivity index (χ0n) is 17.6. The number of fused-ring (bicyclic) bond motifs is 4. The molecule has 0 spiro atoms. The van der Waals surface area contributed by atoms with E-state index in [9.17, 15) is 14.4 Å². The molecule has 7 heteroatoms. The van der Waals surface area contributed by atoms with Crippen LogP contribution < -0.4 is 5.56 Å². The number of aromatic nitrogens is 1. The van der Waals surface area contributed by atoms with Gasteiger partial charge in [-0.15, -0.1) is 0 Å². The van der Waals surface area contributed by atoms with Crippen molar-refractivity contribution in [2.75, 3.05) is 26.2 Å². The zero-order chi connectivity index (χ0) is 20.8. The second-order valence-electron chi connectivity index (χ2n) is 9.68. The predicted octanol–water partition coefficient (Wildman–Crippen LogP) is 2.44. The molecule has 3 aliphatic heterocycles. The Morgan fingerprint density at radius 1 is 1.03 bits per heavy atom. The van der Waals surface area contributed by atoms with Gasteiger partial charge in [-0.25, -0.2) is 4.79 Å². The van der Waals surface area contributed by atoms with Gasteiger partial charge >= 0.3 is 6.09 Å². The van der Waals surface area contributed by atoms with Gasteiger partial charge in [-0.1, -0.05) is 6.07 Å². The van der Waals surface area contributed by atoms with Crippen LogP contribution in [0.4, 0.5) is 4.79 Å². The summed E-state index contributed by atoms with van der Waals surface area (Å²) in [6, 6.07) is 5.46. The van der Waals surface area contributed by atoms with Gasteiger partial charge in [0.2, 0.25) is 5.91 Å². The third-order valence-corrected chi connectivity index (χ3v) is 6.29. The lowest BCUT2D eigenvalue weighted by Crippen LogP contribution is -2.52. The fraction of sp³-hybridized carbons (Fsp3) is 0.682. The topological polar surface area (TPSA) is 71.8 Å². The van der Waals surface area contributed by atoms with Crippen molar-refractivity contribution in [1.29, 1.82) is 0 Å². The molecule has 29 heavy (non-hydrogen) atoms. The average Bonchev–Trinajstić information content (AvgIpc) is 2.67. The molecule has 2 bridgehead atoms. The Kier molecular flexibility index (Phi) is 5.17. The summed E-state index contributed by atoms with van der Waals surface area (Å²) in [7, 11) is 0. The average molecular weight is 402 g/mol. The standard InChI is InChI=1S/C22H31N3O4/c1-22(2,3)29-21(28)23-9-7-16(8-10-23)20(27)24-12-15-11-17(14-24)18-5-4-6-19(26)25(18)13-15/h4-6,15-17H,7-14H2,1-3H3. The van der Waals surface area contributed by atoms with Crippen LogP contribution in [-0.4, -0.2) is 58.1 Å². The molecule has 158 valence electrons. The Labute approximate surface area is 171 Å². The number of rotatable bonds is 1. The van der Waals surface area contributed by atoms with Crippen molar-refractivity contribution in [3.8, 4) is 0 Å². The molecule has 1 aromatic rings. The minimum Gasteiger partial charge on any atom is -0.444 e. The van der Waals surface area contributed by atoms with Crippen LogP contribution in [0.25, 0.3) is 0 Å². The molecular formula is C22H31N3O4. The van der Waals surface area contributed by atoms with Gasteiger partial charge in [-0.3, -0.25) is 9.59 Å². The quantitative estimate of drug-likeness (QED) is 0.725. The van der Waals surface area contributed by atoms with E-state index in [1.54, 1.807) is 11.0 Å². The molecule has 3 aliphatic rings. The minimum atomic E-state index is -0.506. The van der Waals surface area contributed by atoms with Crippen molar-refractivity contribution in [3.05, 3.63) is 34.2 Å². The van der Waals surface area contributed by atoms with E-state index < -0.39 is 5.60 Å². The van der Waals surface area contributed by atoms with E-state index in [0.717, 1.165) is 18.7 Å². The van der Waals surface area contributed by atoms with E-state index in [1.165, 1.54) is 0 Å². The Morgan fingerprint density at radius 3 is 2.45 bits per heavy atom. The van der Waals surface area contributed by atoms with E-state index in [0.29, 0.717) is 44.9 Å². The maximum atomic E-state index is 13.2. The van der Waals surface area contributed by atoms with Gasteiger partial charge in [0, 0.05) is 56.3 Å². The van der Waals surface area contributed by atoms with E-state index in [2.05, 4.69) is 0 Å². The number of hydrogen-bond donors (Lipinski definition) is 0. The first kappa shape index (κ1) is 20.0. The molecule has 2 amide bonds. The second kappa shape index (κ2) is 7.50. The molecule has 4 rings (SSSR count). The van der Waals surface area contributed by atoms with Gasteiger partial charge in [0.05, 0.1) is 0 Å². The van der Waals surface area contributed by atoms with Crippen molar-refractivity contribution >= 4 is 12.0 Å². The van der Waals surface area contributed by atoms with Gasteiger partial charge in [-0.2, -0.15) is 0 Å². The van der Waals surface area contributed by atoms with Crippen LogP contribution in [-0.2, 0) is 16.1 Å². The number of carbonyl (C=O) groups excluding carboxylic acids is 2. The largest absolute Gasteiger partial charge is 0.444 e. The summed E-state index contributed by atoms with van der Waals surface area (Å²) in [5, 5.41) is 0. The molecule has 0 saturated carbocycles.